The lowest BCUT2D eigenvalue weighted by Crippen LogP contribution is -2.16. The molecule has 18 heavy (non-hydrogen) atoms. The molecule has 0 unspecified atom stereocenters. The van der Waals surface area contributed by atoms with Crippen LogP contribution in [0.4, 0.5) is 5.82 Å². The summed E-state index contributed by atoms with van der Waals surface area (Å²) in [6, 6.07) is 1.79. The van der Waals surface area contributed by atoms with Crippen LogP contribution in [0.1, 0.15) is 26.5 Å². The number of aromatic nitrogens is 4. The Morgan fingerprint density at radius 1 is 1.28 bits per heavy atom. The summed E-state index contributed by atoms with van der Waals surface area (Å²) in [4.78, 5) is 12.9. The molecule has 6 heteroatoms. The van der Waals surface area contributed by atoms with Crippen LogP contribution in [0.2, 0.25) is 5.15 Å². The van der Waals surface area contributed by atoms with Gasteiger partial charge in [0.15, 0.2) is 11.6 Å². The van der Waals surface area contributed by atoms with Crippen molar-refractivity contribution in [3.05, 3.63) is 23.1 Å². The molecule has 0 aliphatic rings. The summed E-state index contributed by atoms with van der Waals surface area (Å²) in [5.41, 5.74) is 6.61. The molecule has 2 rings (SSSR count). The molecular formula is C12H16ClN5. The van der Waals surface area contributed by atoms with Crippen LogP contribution in [-0.2, 0) is 12.5 Å². The maximum Gasteiger partial charge on any atom is 0.198 e. The summed E-state index contributed by atoms with van der Waals surface area (Å²) in [5, 5.41) is 0.535. The van der Waals surface area contributed by atoms with Crippen molar-refractivity contribution in [3.8, 4) is 11.6 Å². The van der Waals surface area contributed by atoms with Crippen LogP contribution in [0.5, 0.6) is 0 Å². The highest BCUT2D eigenvalue weighted by atomic mass is 35.5. The number of nitrogen functional groups attached to an aromatic ring is 1. The molecule has 0 spiro atoms. The first kappa shape index (κ1) is 12.8. The molecule has 0 amide bonds. The van der Waals surface area contributed by atoms with Gasteiger partial charge in [-0.25, -0.2) is 15.0 Å². The molecule has 96 valence electrons. The highest BCUT2D eigenvalue weighted by Crippen LogP contribution is 2.25. The summed E-state index contributed by atoms with van der Waals surface area (Å²) < 4.78 is 1.72. The molecule has 2 aromatic heterocycles. The van der Waals surface area contributed by atoms with E-state index in [1.165, 1.54) is 0 Å². The third-order valence-corrected chi connectivity index (χ3v) is 3.00. The highest BCUT2D eigenvalue weighted by Gasteiger charge is 2.19. The number of halogens is 1. The summed E-state index contributed by atoms with van der Waals surface area (Å²) >= 11 is 5.96. The van der Waals surface area contributed by atoms with Crippen LogP contribution in [0.3, 0.4) is 0 Å². The Morgan fingerprint density at radius 2 is 1.94 bits per heavy atom. The topological polar surface area (TPSA) is 69.6 Å². The van der Waals surface area contributed by atoms with E-state index in [0.717, 1.165) is 5.69 Å². The van der Waals surface area contributed by atoms with Crippen molar-refractivity contribution < 1.29 is 0 Å². The number of hydrogen-bond acceptors (Lipinski definition) is 4. The first-order chi connectivity index (χ1) is 8.29. The third kappa shape index (κ3) is 2.31. The van der Waals surface area contributed by atoms with Gasteiger partial charge in [-0.2, -0.15) is 0 Å². The summed E-state index contributed by atoms with van der Waals surface area (Å²) in [5.74, 6) is 1.54. The van der Waals surface area contributed by atoms with Gasteiger partial charge in [0, 0.05) is 18.5 Å². The molecule has 0 aromatic carbocycles. The van der Waals surface area contributed by atoms with Crippen LogP contribution in [0, 0.1) is 0 Å². The van der Waals surface area contributed by atoms with E-state index in [1.54, 1.807) is 16.8 Å². The molecule has 0 aliphatic carbocycles. The minimum atomic E-state index is -0.0965. The van der Waals surface area contributed by atoms with E-state index >= 15 is 0 Å². The fourth-order valence-corrected chi connectivity index (χ4v) is 1.68. The Morgan fingerprint density at radius 3 is 2.44 bits per heavy atom. The van der Waals surface area contributed by atoms with E-state index in [0.29, 0.717) is 22.6 Å². The summed E-state index contributed by atoms with van der Waals surface area (Å²) in [6.45, 7) is 6.22. The lowest BCUT2D eigenvalue weighted by Gasteiger charge is -2.18. The smallest absolute Gasteiger partial charge is 0.198 e. The summed E-state index contributed by atoms with van der Waals surface area (Å²) in [7, 11) is 1.81. The van der Waals surface area contributed by atoms with Crippen molar-refractivity contribution in [2.24, 2.45) is 7.05 Å². The number of nitrogens with two attached hydrogens (primary N) is 1. The van der Waals surface area contributed by atoms with Crippen molar-refractivity contribution in [1.29, 1.82) is 0 Å². The number of anilines is 1. The first-order valence-corrected chi connectivity index (χ1v) is 5.99. The third-order valence-electron chi connectivity index (χ3n) is 2.65. The Labute approximate surface area is 111 Å². The van der Waals surface area contributed by atoms with Gasteiger partial charge in [0.05, 0.1) is 11.9 Å². The zero-order chi connectivity index (χ0) is 13.5. The predicted octanol–water partition coefficient (Wildman–Crippen LogP) is 2.41. The highest BCUT2D eigenvalue weighted by molar-refractivity contribution is 6.29. The van der Waals surface area contributed by atoms with Crippen molar-refractivity contribution in [2.45, 2.75) is 26.2 Å². The van der Waals surface area contributed by atoms with E-state index < -0.39 is 0 Å². The second-order valence-corrected chi connectivity index (χ2v) is 5.60. The van der Waals surface area contributed by atoms with Gasteiger partial charge in [-0.1, -0.05) is 32.4 Å². The molecular weight excluding hydrogens is 250 g/mol. The number of imidazole rings is 1. The fraction of sp³-hybridized carbons (Fsp3) is 0.417. The normalized spacial score (nSPS) is 11.8. The second kappa shape index (κ2) is 4.24. The van der Waals surface area contributed by atoms with Gasteiger partial charge in [-0.3, -0.25) is 0 Å². The lowest BCUT2D eigenvalue weighted by atomic mass is 9.92. The Balaban J connectivity index is 2.59. The molecule has 0 aliphatic heterocycles. The fourth-order valence-electron chi connectivity index (χ4n) is 1.55. The Bertz CT molecular complexity index is 583. The zero-order valence-electron chi connectivity index (χ0n) is 10.9. The monoisotopic (exact) mass is 265 g/mol. The van der Waals surface area contributed by atoms with Crippen molar-refractivity contribution in [3.63, 3.8) is 0 Å². The standard InChI is InChI=1S/C12H16ClN5/c1-12(2,3)7-5-9(14)17-10(16-7)11-15-6-8(13)18(11)4/h5-6H,1-4H3,(H2,14,16,17). The molecule has 0 saturated heterocycles. The van der Waals surface area contributed by atoms with Crippen molar-refractivity contribution >= 4 is 17.4 Å². The number of hydrogen-bond donors (Lipinski definition) is 1. The van der Waals surface area contributed by atoms with Crippen LogP contribution in [-0.4, -0.2) is 19.5 Å². The first-order valence-electron chi connectivity index (χ1n) is 5.61. The lowest BCUT2D eigenvalue weighted by molar-refractivity contribution is 0.568. The molecule has 2 heterocycles. The second-order valence-electron chi connectivity index (χ2n) is 5.22. The molecule has 0 bridgehead atoms. The largest absolute Gasteiger partial charge is 0.384 e. The van der Waals surface area contributed by atoms with E-state index in [4.69, 9.17) is 17.3 Å². The minimum absolute atomic E-state index is 0.0965. The zero-order valence-corrected chi connectivity index (χ0v) is 11.7. The predicted molar refractivity (Wildman–Crippen MR) is 72.4 cm³/mol. The van der Waals surface area contributed by atoms with Gasteiger partial charge in [-0.15, -0.1) is 0 Å². The van der Waals surface area contributed by atoms with Crippen LogP contribution in [0.25, 0.3) is 11.6 Å². The van der Waals surface area contributed by atoms with Gasteiger partial charge in [0.25, 0.3) is 0 Å². The molecule has 0 radical (unpaired) electrons. The van der Waals surface area contributed by atoms with Gasteiger partial charge in [-0.05, 0) is 0 Å². The average molecular weight is 266 g/mol. The van der Waals surface area contributed by atoms with E-state index in [-0.39, 0.29) is 5.41 Å². The van der Waals surface area contributed by atoms with E-state index in [2.05, 4.69) is 35.7 Å². The average Bonchev–Trinajstić information content (AvgIpc) is 2.58. The maximum atomic E-state index is 5.96. The molecule has 0 atom stereocenters. The quantitative estimate of drug-likeness (QED) is 0.860. The van der Waals surface area contributed by atoms with Gasteiger partial charge in [0.2, 0.25) is 0 Å². The van der Waals surface area contributed by atoms with Gasteiger partial charge in [0.1, 0.15) is 11.0 Å². The molecule has 5 nitrogen and oxygen atoms in total. The van der Waals surface area contributed by atoms with Gasteiger partial charge >= 0.3 is 0 Å². The Kier molecular flexibility index (Phi) is 3.02. The molecule has 0 saturated carbocycles. The molecule has 2 N–H and O–H groups in total. The van der Waals surface area contributed by atoms with Gasteiger partial charge < -0.3 is 10.3 Å². The van der Waals surface area contributed by atoms with Crippen LogP contribution >= 0.6 is 11.6 Å². The summed E-state index contributed by atoms with van der Waals surface area (Å²) in [6.07, 6.45) is 1.57. The Hall–Kier alpha value is -1.62. The van der Waals surface area contributed by atoms with Crippen molar-refractivity contribution in [1.82, 2.24) is 19.5 Å². The number of nitrogens with zero attached hydrogens (tertiary/aromatic N) is 4. The number of rotatable bonds is 1. The SMILES string of the molecule is Cn1c(Cl)cnc1-c1nc(N)cc(C(C)(C)C)n1. The van der Waals surface area contributed by atoms with E-state index in [1.807, 2.05) is 7.05 Å². The minimum Gasteiger partial charge on any atom is -0.384 e. The van der Waals surface area contributed by atoms with Crippen molar-refractivity contribution in [2.75, 3.05) is 5.73 Å². The maximum absolute atomic E-state index is 5.96. The van der Waals surface area contributed by atoms with Crippen LogP contribution < -0.4 is 5.73 Å². The van der Waals surface area contributed by atoms with Crippen LogP contribution in [0.15, 0.2) is 12.3 Å². The molecule has 2 aromatic rings. The molecule has 0 fully saturated rings. The van der Waals surface area contributed by atoms with E-state index in [9.17, 15) is 0 Å².